The summed E-state index contributed by atoms with van der Waals surface area (Å²) < 4.78 is 16.8. The standard InChI is InChI=1S/C62H104O6/c1-4-7-10-13-16-19-22-25-27-29-31-33-34-37-40-43-46-49-52-55-61(64)67-58-59(57-66-60(63)54-51-48-45-42-39-36-24-21-18-15-12-9-6-3)68-62(65)56-53-50-47-44-41-38-35-32-30-28-26-23-20-17-14-11-8-5-2/h9,12,15,18,21,23-24,26,28,30,32,35-36,39,42,45,59H,4-8,10-11,13-14,16-17,19-20,22,25,27,29,31,33-34,37-38,40-41,43-44,46-58H2,1-3H3/b12-9-,18-15-,24-21-,26-23-,30-28-,35-32-,39-36-,45-42-. The lowest BCUT2D eigenvalue weighted by Crippen LogP contribution is -2.30. The Hall–Kier alpha value is -3.67. The van der Waals surface area contributed by atoms with Gasteiger partial charge in [0.2, 0.25) is 0 Å². The first kappa shape index (κ1) is 64.3. The van der Waals surface area contributed by atoms with Crippen LogP contribution in [0.25, 0.3) is 0 Å². The molecular weight excluding hydrogens is 841 g/mol. The molecule has 1 atom stereocenters. The van der Waals surface area contributed by atoms with Crippen molar-refractivity contribution in [1.82, 2.24) is 0 Å². The van der Waals surface area contributed by atoms with E-state index in [0.29, 0.717) is 12.8 Å². The first-order valence-electron chi connectivity index (χ1n) is 28.3. The molecule has 6 heteroatoms. The molecule has 0 saturated heterocycles. The van der Waals surface area contributed by atoms with E-state index in [1.54, 1.807) is 0 Å². The van der Waals surface area contributed by atoms with Crippen molar-refractivity contribution < 1.29 is 28.6 Å². The first-order chi connectivity index (χ1) is 33.5. The van der Waals surface area contributed by atoms with Crippen LogP contribution < -0.4 is 0 Å². The summed E-state index contributed by atoms with van der Waals surface area (Å²) in [4.78, 5) is 38.1. The van der Waals surface area contributed by atoms with E-state index in [-0.39, 0.29) is 44.0 Å². The topological polar surface area (TPSA) is 78.9 Å². The van der Waals surface area contributed by atoms with E-state index < -0.39 is 6.10 Å². The Morgan fingerprint density at radius 1 is 0.309 bits per heavy atom. The fourth-order valence-electron chi connectivity index (χ4n) is 7.77. The summed E-state index contributed by atoms with van der Waals surface area (Å²) in [6, 6.07) is 0. The predicted molar refractivity (Wildman–Crippen MR) is 293 cm³/mol. The van der Waals surface area contributed by atoms with Crippen LogP contribution in [0.3, 0.4) is 0 Å². The largest absolute Gasteiger partial charge is 0.462 e. The molecule has 1 unspecified atom stereocenters. The average molecular weight is 946 g/mol. The van der Waals surface area contributed by atoms with Crippen molar-refractivity contribution >= 4 is 17.9 Å². The lowest BCUT2D eigenvalue weighted by molar-refractivity contribution is -0.167. The second-order valence-corrected chi connectivity index (χ2v) is 18.7. The Labute approximate surface area is 419 Å². The summed E-state index contributed by atoms with van der Waals surface area (Å²) in [5.74, 6) is -1.00. The van der Waals surface area contributed by atoms with E-state index >= 15 is 0 Å². The number of carbonyl (C=O) groups is 3. The maximum absolute atomic E-state index is 12.8. The number of allylic oxidation sites excluding steroid dienone is 16. The summed E-state index contributed by atoms with van der Waals surface area (Å²) in [6.07, 6.45) is 74.1. The highest BCUT2D eigenvalue weighted by Crippen LogP contribution is 2.16. The summed E-state index contributed by atoms with van der Waals surface area (Å²) in [5, 5.41) is 0. The molecule has 0 saturated carbocycles. The normalized spacial score (nSPS) is 12.8. The van der Waals surface area contributed by atoms with Gasteiger partial charge in [0.1, 0.15) is 13.2 Å². The van der Waals surface area contributed by atoms with E-state index in [4.69, 9.17) is 14.2 Å². The van der Waals surface area contributed by atoms with Crippen molar-refractivity contribution in [3.05, 3.63) is 97.2 Å². The van der Waals surface area contributed by atoms with Gasteiger partial charge in [0.15, 0.2) is 6.10 Å². The summed E-state index contributed by atoms with van der Waals surface area (Å²) in [7, 11) is 0. The predicted octanol–water partition coefficient (Wildman–Crippen LogP) is 18.9. The molecule has 0 aromatic heterocycles. The number of hydrogen-bond donors (Lipinski definition) is 0. The Morgan fingerprint density at radius 3 is 0.956 bits per heavy atom. The number of unbranched alkanes of at least 4 members (excludes halogenated alkanes) is 29. The summed E-state index contributed by atoms with van der Waals surface area (Å²) >= 11 is 0. The van der Waals surface area contributed by atoms with Gasteiger partial charge in [-0.2, -0.15) is 0 Å². The van der Waals surface area contributed by atoms with Gasteiger partial charge < -0.3 is 14.2 Å². The Balaban J connectivity index is 4.46. The fourth-order valence-corrected chi connectivity index (χ4v) is 7.77. The molecule has 0 aliphatic heterocycles. The molecule has 0 bridgehead atoms. The van der Waals surface area contributed by atoms with Gasteiger partial charge in [0.25, 0.3) is 0 Å². The minimum absolute atomic E-state index is 0.107. The molecule has 0 aromatic carbocycles. The molecule has 0 rings (SSSR count). The zero-order chi connectivity index (χ0) is 49.3. The molecule has 388 valence electrons. The number of carbonyl (C=O) groups excluding carboxylic acids is 3. The lowest BCUT2D eigenvalue weighted by Gasteiger charge is -2.18. The third-order valence-corrected chi connectivity index (χ3v) is 12.0. The zero-order valence-corrected chi connectivity index (χ0v) is 44.3. The van der Waals surface area contributed by atoms with E-state index in [9.17, 15) is 14.4 Å². The maximum Gasteiger partial charge on any atom is 0.306 e. The Bertz CT molecular complexity index is 1360. The van der Waals surface area contributed by atoms with E-state index in [1.165, 1.54) is 135 Å². The minimum Gasteiger partial charge on any atom is -0.462 e. The van der Waals surface area contributed by atoms with Gasteiger partial charge >= 0.3 is 17.9 Å². The van der Waals surface area contributed by atoms with Crippen LogP contribution in [0.4, 0.5) is 0 Å². The van der Waals surface area contributed by atoms with Crippen LogP contribution in [-0.2, 0) is 28.6 Å². The van der Waals surface area contributed by atoms with Crippen molar-refractivity contribution in [3.8, 4) is 0 Å². The van der Waals surface area contributed by atoms with Crippen molar-refractivity contribution in [2.75, 3.05) is 13.2 Å². The molecule has 0 amide bonds. The molecule has 0 heterocycles. The molecule has 68 heavy (non-hydrogen) atoms. The molecule has 0 aliphatic carbocycles. The SMILES string of the molecule is CC\C=C/C=C\C=C/C=C\C=C/CCCC(=O)OCC(COC(=O)CCCCCCCCCCCCCCCCCCCCC)OC(=O)CCCCCCC\C=C/C=C\C=C/CCCCCCC. The highest BCUT2D eigenvalue weighted by Gasteiger charge is 2.19. The van der Waals surface area contributed by atoms with Crippen LogP contribution in [0.2, 0.25) is 0 Å². The molecule has 0 aliphatic rings. The first-order valence-corrected chi connectivity index (χ1v) is 28.3. The number of ether oxygens (including phenoxy) is 3. The molecule has 0 radical (unpaired) electrons. The van der Waals surface area contributed by atoms with E-state index in [1.807, 2.05) is 54.7 Å². The van der Waals surface area contributed by atoms with Crippen molar-refractivity contribution in [1.29, 1.82) is 0 Å². The number of rotatable bonds is 50. The van der Waals surface area contributed by atoms with Gasteiger partial charge in [-0.15, -0.1) is 0 Å². The average Bonchev–Trinajstić information content (AvgIpc) is 3.34. The zero-order valence-electron chi connectivity index (χ0n) is 44.3. The van der Waals surface area contributed by atoms with Crippen LogP contribution in [-0.4, -0.2) is 37.2 Å². The summed E-state index contributed by atoms with van der Waals surface area (Å²) in [5.41, 5.74) is 0. The van der Waals surface area contributed by atoms with Gasteiger partial charge in [-0.3, -0.25) is 14.4 Å². The number of hydrogen-bond acceptors (Lipinski definition) is 6. The van der Waals surface area contributed by atoms with Crippen LogP contribution in [0.5, 0.6) is 0 Å². The minimum atomic E-state index is -0.817. The van der Waals surface area contributed by atoms with Gasteiger partial charge in [-0.05, 0) is 57.8 Å². The lowest BCUT2D eigenvalue weighted by atomic mass is 10.0. The van der Waals surface area contributed by atoms with Gasteiger partial charge in [-0.1, -0.05) is 279 Å². The molecule has 0 spiro atoms. The highest BCUT2D eigenvalue weighted by molar-refractivity contribution is 5.71. The van der Waals surface area contributed by atoms with Crippen LogP contribution >= 0.6 is 0 Å². The Kier molecular flexibility index (Phi) is 52.9. The van der Waals surface area contributed by atoms with Crippen molar-refractivity contribution in [3.63, 3.8) is 0 Å². The van der Waals surface area contributed by atoms with Crippen LogP contribution in [0.1, 0.15) is 258 Å². The second kappa shape index (κ2) is 55.9. The third kappa shape index (κ3) is 53.3. The van der Waals surface area contributed by atoms with Crippen LogP contribution in [0.15, 0.2) is 97.2 Å². The van der Waals surface area contributed by atoms with Gasteiger partial charge in [-0.25, -0.2) is 0 Å². The van der Waals surface area contributed by atoms with Crippen molar-refractivity contribution in [2.45, 2.75) is 264 Å². The molecule has 0 aromatic rings. The van der Waals surface area contributed by atoms with Crippen LogP contribution in [0, 0.1) is 0 Å². The Morgan fingerprint density at radius 2 is 0.588 bits per heavy atom. The maximum atomic E-state index is 12.8. The quantitative estimate of drug-likeness (QED) is 0.0262. The highest BCUT2D eigenvalue weighted by atomic mass is 16.6. The van der Waals surface area contributed by atoms with E-state index in [0.717, 1.165) is 77.0 Å². The molecular formula is C62H104O6. The van der Waals surface area contributed by atoms with Crippen molar-refractivity contribution in [2.24, 2.45) is 0 Å². The van der Waals surface area contributed by atoms with Gasteiger partial charge in [0, 0.05) is 19.3 Å². The second-order valence-electron chi connectivity index (χ2n) is 18.7. The smallest absolute Gasteiger partial charge is 0.306 e. The molecule has 6 nitrogen and oxygen atoms in total. The monoisotopic (exact) mass is 945 g/mol. The third-order valence-electron chi connectivity index (χ3n) is 12.0. The molecule has 0 N–H and O–H groups in total. The fraction of sp³-hybridized carbons (Fsp3) is 0.694. The number of esters is 3. The van der Waals surface area contributed by atoms with E-state index in [2.05, 4.69) is 63.3 Å². The molecule has 0 fully saturated rings. The summed E-state index contributed by atoms with van der Waals surface area (Å²) in [6.45, 7) is 6.41. The van der Waals surface area contributed by atoms with Gasteiger partial charge in [0.05, 0.1) is 0 Å².